The van der Waals surface area contributed by atoms with Crippen molar-refractivity contribution in [1.82, 2.24) is 20.5 Å². The predicted molar refractivity (Wildman–Crippen MR) is 224 cm³/mol. The topological polar surface area (TPSA) is 181 Å². The summed E-state index contributed by atoms with van der Waals surface area (Å²) < 4.78 is 10.4. The van der Waals surface area contributed by atoms with E-state index in [0.717, 1.165) is 34.7 Å². The highest BCUT2D eigenvalue weighted by Gasteiger charge is 2.54. The maximum absolute atomic E-state index is 14.0. The fourth-order valence-corrected chi connectivity index (χ4v) is 8.30. The van der Waals surface area contributed by atoms with Gasteiger partial charge in [-0.2, -0.15) is 0 Å². The Morgan fingerprint density at radius 1 is 0.931 bits per heavy atom. The Bertz CT molecular complexity index is 2010. The number of anilines is 1. The van der Waals surface area contributed by atoms with Crippen LogP contribution in [0.25, 0.3) is 0 Å². The number of aliphatic carboxylic acids is 1. The van der Waals surface area contributed by atoms with Crippen LogP contribution >= 0.6 is 23.1 Å². The molecular formula is C42H48N6O8S2. The van der Waals surface area contributed by atoms with Gasteiger partial charge in [-0.25, -0.2) is 9.78 Å². The van der Waals surface area contributed by atoms with E-state index in [0.29, 0.717) is 5.13 Å². The van der Waals surface area contributed by atoms with E-state index >= 15 is 0 Å². The van der Waals surface area contributed by atoms with E-state index in [4.69, 9.17) is 19.3 Å². The van der Waals surface area contributed by atoms with Crippen LogP contribution in [0, 0.1) is 0 Å². The molecule has 1 aromatic heterocycles. The Kier molecular flexibility index (Phi) is 14.8. The summed E-state index contributed by atoms with van der Waals surface area (Å²) in [6.45, 7) is 10.6. The number of carbonyl (C=O) groups excluding carboxylic acids is 3. The molecule has 0 spiro atoms. The summed E-state index contributed by atoms with van der Waals surface area (Å²) in [5.74, 6) is -4.36. The van der Waals surface area contributed by atoms with E-state index in [1.165, 1.54) is 37.1 Å². The first-order valence-electron chi connectivity index (χ1n) is 18.6. The number of nitrogens with zero attached hydrogens (tertiary/aromatic N) is 3. The fraction of sp³-hybridized carbons (Fsp3) is 0.333. The maximum atomic E-state index is 14.0. The zero-order valence-corrected chi connectivity index (χ0v) is 34.8. The van der Waals surface area contributed by atoms with Crippen molar-refractivity contribution in [3.05, 3.63) is 130 Å². The van der Waals surface area contributed by atoms with Gasteiger partial charge in [-0.15, -0.1) is 23.1 Å². The highest BCUT2D eigenvalue weighted by molar-refractivity contribution is 8.00. The van der Waals surface area contributed by atoms with Gasteiger partial charge in [-0.3, -0.25) is 19.3 Å². The Balaban J connectivity index is 0.00000121. The molecule has 0 radical (unpaired) electrons. The van der Waals surface area contributed by atoms with Gasteiger partial charge in [0.15, 0.2) is 10.8 Å². The lowest BCUT2D eigenvalue weighted by atomic mass is 9.77. The molecule has 0 aliphatic carbocycles. The molecule has 1 unspecified atom stereocenters. The van der Waals surface area contributed by atoms with Gasteiger partial charge in [0.25, 0.3) is 11.8 Å². The van der Waals surface area contributed by atoms with Gasteiger partial charge in [0.1, 0.15) is 35.0 Å². The number of hydrogen-bond donors (Lipinski definition) is 4. The number of aromatic nitrogens is 1. The number of hydrogen-bond acceptors (Lipinski definition) is 13. The van der Waals surface area contributed by atoms with Crippen LogP contribution in [0.2, 0.25) is 0 Å². The number of benzene rings is 3. The molecule has 4 N–H and O–H groups in total. The number of rotatable bonds is 16. The van der Waals surface area contributed by atoms with Gasteiger partial charge < -0.3 is 35.4 Å². The second-order valence-electron chi connectivity index (χ2n) is 13.5. The van der Waals surface area contributed by atoms with Crippen molar-refractivity contribution in [2.45, 2.75) is 57.4 Å². The SMILES string of the molecule is CCNCC.COC(C)(C)ON=C(C(=O)NC1C(=O)N2C(C(=O)O)=C(COC(C)=O)CS[C@H]12)c1csc(NC(c2ccccc2)(c2ccccc2)c2ccccc2)n1. The van der Waals surface area contributed by atoms with Crippen molar-refractivity contribution >= 4 is 57.7 Å². The summed E-state index contributed by atoms with van der Waals surface area (Å²) in [6, 6.07) is 28.8. The second-order valence-corrected chi connectivity index (χ2v) is 15.5. The number of amides is 2. The fourth-order valence-electron chi connectivity index (χ4n) is 6.22. The highest BCUT2D eigenvalue weighted by Crippen LogP contribution is 2.42. The molecule has 306 valence electrons. The van der Waals surface area contributed by atoms with Gasteiger partial charge in [0.2, 0.25) is 5.79 Å². The molecule has 58 heavy (non-hydrogen) atoms. The largest absolute Gasteiger partial charge is 0.477 e. The van der Waals surface area contributed by atoms with Gasteiger partial charge in [0.05, 0.1) is 0 Å². The molecule has 2 aliphatic rings. The lowest BCUT2D eigenvalue weighted by molar-refractivity contribution is -0.197. The Morgan fingerprint density at radius 3 is 1.95 bits per heavy atom. The summed E-state index contributed by atoms with van der Waals surface area (Å²) >= 11 is 2.50. The van der Waals surface area contributed by atoms with Gasteiger partial charge in [-0.1, -0.05) is 110 Å². The number of esters is 1. The molecule has 2 amide bonds. The minimum absolute atomic E-state index is 0.166. The van der Waals surface area contributed by atoms with E-state index < -0.39 is 46.5 Å². The normalized spacial score (nSPS) is 16.6. The summed E-state index contributed by atoms with van der Waals surface area (Å²) in [4.78, 5) is 62.5. The molecule has 2 atom stereocenters. The summed E-state index contributed by atoms with van der Waals surface area (Å²) in [6.07, 6.45) is 0. The third-order valence-corrected chi connectivity index (χ3v) is 11.3. The van der Waals surface area contributed by atoms with E-state index in [1.54, 1.807) is 19.2 Å². The number of β-lactam (4-membered cyclic amide) rings is 1. The molecule has 3 aromatic carbocycles. The average Bonchev–Trinajstić information content (AvgIpc) is 3.70. The number of oxime groups is 1. The average molecular weight is 829 g/mol. The van der Waals surface area contributed by atoms with Crippen molar-refractivity contribution in [2.75, 3.05) is 37.9 Å². The number of ether oxygens (including phenoxy) is 2. The highest BCUT2D eigenvalue weighted by atomic mass is 32.2. The number of thioether (sulfide) groups is 1. The van der Waals surface area contributed by atoms with Crippen LogP contribution in [0.1, 0.15) is 57.0 Å². The maximum Gasteiger partial charge on any atom is 0.352 e. The number of methoxy groups -OCH3 is 1. The quantitative estimate of drug-likeness (QED) is 0.0276. The van der Waals surface area contributed by atoms with Crippen LogP contribution in [0.3, 0.4) is 0 Å². The van der Waals surface area contributed by atoms with E-state index in [2.05, 4.69) is 35.0 Å². The molecular weight excluding hydrogens is 781 g/mol. The van der Waals surface area contributed by atoms with Crippen molar-refractivity contribution in [3.8, 4) is 0 Å². The van der Waals surface area contributed by atoms with Crippen molar-refractivity contribution in [3.63, 3.8) is 0 Å². The zero-order chi connectivity index (χ0) is 41.9. The molecule has 1 saturated heterocycles. The van der Waals surface area contributed by atoms with Crippen molar-refractivity contribution in [1.29, 1.82) is 0 Å². The van der Waals surface area contributed by atoms with Crippen LogP contribution in [0.15, 0.2) is 113 Å². The lowest BCUT2D eigenvalue weighted by Crippen LogP contribution is -2.71. The zero-order valence-electron chi connectivity index (χ0n) is 33.2. The van der Waals surface area contributed by atoms with E-state index in [1.807, 2.05) is 91.0 Å². The van der Waals surface area contributed by atoms with Crippen molar-refractivity contribution < 1.29 is 38.6 Å². The molecule has 14 nitrogen and oxygen atoms in total. The predicted octanol–water partition coefficient (Wildman–Crippen LogP) is 5.57. The lowest BCUT2D eigenvalue weighted by Gasteiger charge is -2.49. The van der Waals surface area contributed by atoms with Crippen molar-refractivity contribution in [2.24, 2.45) is 5.16 Å². The number of carboxylic acid groups (broad SMARTS) is 1. The minimum atomic E-state index is -1.34. The summed E-state index contributed by atoms with van der Waals surface area (Å²) in [5, 5.41) is 25.0. The van der Waals surface area contributed by atoms with Crippen LogP contribution in [-0.2, 0) is 39.0 Å². The monoisotopic (exact) mass is 828 g/mol. The van der Waals surface area contributed by atoms with Crippen LogP contribution < -0.4 is 16.0 Å². The first-order valence-corrected chi connectivity index (χ1v) is 20.6. The molecule has 4 aromatic rings. The Morgan fingerprint density at radius 2 is 1.48 bits per heavy atom. The molecule has 2 aliphatic heterocycles. The standard InChI is InChI=1S/C38H37N5O8S2.C4H11N/c1-23(44)50-20-24-21-52-34-30(33(46)43(34)31(24)35(47)48)40-32(45)29(42-51-37(2,3)49-4)28-22-53-36(39-28)41-38(25-14-8-5-9-15-25,26-16-10-6-11-17-26)27-18-12-7-13-19-27;1-3-5-4-2/h5-19,22,30,34H,20-21H2,1-4H3,(H,39,41)(H,40,45)(H,47,48);5H,3-4H2,1-2H3/t30?,34-;/m1./s1. The van der Waals surface area contributed by atoms with Crippen LogP contribution in [0.4, 0.5) is 5.13 Å². The number of fused-ring (bicyclic) bond motifs is 1. The first-order chi connectivity index (χ1) is 27.9. The minimum Gasteiger partial charge on any atom is -0.477 e. The molecule has 6 rings (SSSR count). The second kappa shape index (κ2) is 19.7. The van der Waals surface area contributed by atoms with Crippen LogP contribution in [0.5, 0.6) is 0 Å². The van der Waals surface area contributed by atoms with Gasteiger partial charge in [0, 0.05) is 44.6 Å². The molecule has 16 heteroatoms. The third-order valence-electron chi connectivity index (χ3n) is 9.21. The number of nitrogens with one attached hydrogen (secondary N) is 3. The number of carboxylic acids is 1. The van der Waals surface area contributed by atoms with E-state index in [-0.39, 0.29) is 35.0 Å². The smallest absolute Gasteiger partial charge is 0.352 e. The van der Waals surface area contributed by atoms with Gasteiger partial charge in [-0.05, 0) is 29.8 Å². The number of carbonyl (C=O) groups is 4. The van der Waals surface area contributed by atoms with Gasteiger partial charge >= 0.3 is 11.9 Å². The Hall–Kier alpha value is -5.55. The number of thiazole rings is 1. The first kappa shape index (κ1) is 43.6. The van der Waals surface area contributed by atoms with Crippen LogP contribution in [-0.4, -0.2) is 94.2 Å². The summed E-state index contributed by atoms with van der Waals surface area (Å²) in [7, 11) is 1.43. The Labute approximate surface area is 346 Å². The third kappa shape index (κ3) is 9.93. The van der Waals surface area contributed by atoms with E-state index in [9.17, 15) is 24.3 Å². The summed E-state index contributed by atoms with van der Waals surface area (Å²) in [5.41, 5.74) is 1.93. The molecule has 3 heterocycles. The molecule has 0 saturated carbocycles. The molecule has 1 fully saturated rings. The molecule has 0 bridgehead atoms.